The van der Waals surface area contributed by atoms with Crippen molar-refractivity contribution >= 4 is 11.8 Å². The van der Waals surface area contributed by atoms with E-state index in [0.29, 0.717) is 6.04 Å². The van der Waals surface area contributed by atoms with E-state index in [1.165, 1.54) is 24.3 Å². The molecule has 0 heterocycles. The first-order chi connectivity index (χ1) is 6.20. The van der Waals surface area contributed by atoms with Crippen molar-refractivity contribution in [3.8, 4) is 0 Å². The Bertz CT molecular complexity index is 106. The summed E-state index contributed by atoms with van der Waals surface area (Å²) >= 11 is 2.08. The van der Waals surface area contributed by atoms with Gasteiger partial charge in [-0.15, -0.1) is 0 Å². The number of hydrogen-bond donors (Lipinski definition) is 1. The predicted octanol–water partition coefficient (Wildman–Crippen LogP) is 3.15. The van der Waals surface area contributed by atoms with Crippen LogP contribution >= 0.6 is 11.8 Å². The molecule has 0 radical (unpaired) electrons. The van der Waals surface area contributed by atoms with E-state index < -0.39 is 0 Å². The molecule has 0 aromatic carbocycles. The van der Waals surface area contributed by atoms with Gasteiger partial charge in [-0.25, -0.2) is 0 Å². The summed E-state index contributed by atoms with van der Waals surface area (Å²) in [7, 11) is 0. The number of thioether (sulfide) groups is 1. The lowest BCUT2D eigenvalue weighted by Crippen LogP contribution is -2.29. The molecule has 80 valence electrons. The summed E-state index contributed by atoms with van der Waals surface area (Å²) in [5.74, 6) is 3.45. The maximum absolute atomic E-state index is 3.50. The SMILES string of the molecule is CCCNC(C)CSCC(C)CC. The molecule has 2 unspecified atom stereocenters. The summed E-state index contributed by atoms with van der Waals surface area (Å²) < 4.78 is 0. The Hall–Kier alpha value is 0.310. The molecule has 0 spiro atoms. The van der Waals surface area contributed by atoms with Gasteiger partial charge < -0.3 is 5.32 Å². The molecule has 13 heavy (non-hydrogen) atoms. The van der Waals surface area contributed by atoms with Crippen LogP contribution in [0, 0.1) is 5.92 Å². The van der Waals surface area contributed by atoms with Gasteiger partial charge >= 0.3 is 0 Å². The van der Waals surface area contributed by atoms with E-state index in [0.717, 1.165) is 12.5 Å². The summed E-state index contributed by atoms with van der Waals surface area (Å²) in [5.41, 5.74) is 0. The van der Waals surface area contributed by atoms with E-state index in [1.54, 1.807) is 0 Å². The van der Waals surface area contributed by atoms with Gasteiger partial charge in [0.05, 0.1) is 0 Å². The van der Waals surface area contributed by atoms with E-state index in [1.807, 2.05) is 0 Å². The second kappa shape index (κ2) is 8.89. The van der Waals surface area contributed by atoms with E-state index in [4.69, 9.17) is 0 Å². The van der Waals surface area contributed by atoms with Crippen LogP contribution in [0.1, 0.15) is 40.5 Å². The molecule has 0 bridgehead atoms. The van der Waals surface area contributed by atoms with Crippen molar-refractivity contribution in [3.63, 3.8) is 0 Å². The Morgan fingerprint density at radius 3 is 2.38 bits per heavy atom. The Morgan fingerprint density at radius 2 is 1.85 bits per heavy atom. The first-order valence-corrected chi connectivity index (χ1v) is 6.67. The molecule has 1 nitrogen and oxygen atoms in total. The molecule has 2 atom stereocenters. The van der Waals surface area contributed by atoms with Gasteiger partial charge in [0.1, 0.15) is 0 Å². The second-order valence-electron chi connectivity index (χ2n) is 3.91. The zero-order valence-corrected chi connectivity index (χ0v) is 10.4. The Kier molecular flexibility index (Phi) is 9.10. The average Bonchev–Trinajstić information content (AvgIpc) is 2.14. The largest absolute Gasteiger partial charge is 0.313 e. The number of nitrogens with one attached hydrogen (secondary N) is 1. The number of rotatable bonds is 8. The van der Waals surface area contributed by atoms with E-state index in [9.17, 15) is 0 Å². The van der Waals surface area contributed by atoms with E-state index in [-0.39, 0.29) is 0 Å². The van der Waals surface area contributed by atoms with Crippen molar-refractivity contribution in [2.45, 2.75) is 46.6 Å². The van der Waals surface area contributed by atoms with Crippen LogP contribution < -0.4 is 5.32 Å². The highest BCUT2D eigenvalue weighted by Crippen LogP contribution is 2.11. The van der Waals surface area contributed by atoms with Crippen molar-refractivity contribution in [3.05, 3.63) is 0 Å². The van der Waals surface area contributed by atoms with Crippen LogP contribution in [0.4, 0.5) is 0 Å². The molecular weight excluding hydrogens is 178 g/mol. The Balaban J connectivity index is 3.21. The summed E-state index contributed by atoms with van der Waals surface area (Å²) in [6, 6.07) is 0.675. The van der Waals surface area contributed by atoms with Crippen LogP contribution in [0.5, 0.6) is 0 Å². The van der Waals surface area contributed by atoms with Gasteiger partial charge in [0, 0.05) is 11.8 Å². The third-order valence-corrected chi connectivity index (χ3v) is 3.75. The molecule has 0 rings (SSSR count). The fourth-order valence-corrected chi connectivity index (χ4v) is 2.26. The lowest BCUT2D eigenvalue weighted by Gasteiger charge is -2.14. The molecule has 0 amide bonds. The molecule has 0 aromatic heterocycles. The molecule has 0 aromatic rings. The molecule has 0 fully saturated rings. The minimum absolute atomic E-state index is 0.675. The van der Waals surface area contributed by atoms with Gasteiger partial charge in [-0.2, -0.15) is 11.8 Å². The molecule has 0 aliphatic heterocycles. The van der Waals surface area contributed by atoms with Gasteiger partial charge in [-0.1, -0.05) is 27.2 Å². The zero-order valence-electron chi connectivity index (χ0n) is 9.60. The highest BCUT2D eigenvalue weighted by Gasteiger charge is 2.02. The summed E-state index contributed by atoms with van der Waals surface area (Å²) in [5, 5.41) is 3.50. The molecule has 0 saturated carbocycles. The third kappa shape index (κ3) is 8.63. The molecule has 0 aliphatic carbocycles. The van der Waals surface area contributed by atoms with Crippen molar-refractivity contribution in [1.82, 2.24) is 5.32 Å². The van der Waals surface area contributed by atoms with Gasteiger partial charge in [0.2, 0.25) is 0 Å². The summed E-state index contributed by atoms with van der Waals surface area (Å²) in [6.45, 7) is 10.2. The van der Waals surface area contributed by atoms with Crippen molar-refractivity contribution in [2.24, 2.45) is 5.92 Å². The van der Waals surface area contributed by atoms with E-state index >= 15 is 0 Å². The minimum Gasteiger partial charge on any atom is -0.313 e. The first kappa shape index (κ1) is 13.3. The highest BCUT2D eigenvalue weighted by atomic mass is 32.2. The monoisotopic (exact) mass is 203 g/mol. The normalized spacial score (nSPS) is 15.7. The van der Waals surface area contributed by atoms with Crippen LogP contribution in [0.3, 0.4) is 0 Å². The van der Waals surface area contributed by atoms with Crippen LogP contribution in [0.15, 0.2) is 0 Å². The standard InChI is InChI=1S/C11H25NS/c1-5-7-12-11(4)9-13-8-10(3)6-2/h10-12H,5-9H2,1-4H3. The Labute approximate surface area is 88.1 Å². The van der Waals surface area contributed by atoms with Crippen molar-refractivity contribution in [1.29, 1.82) is 0 Å². The first-order valence-electron chi connectivity index (χ1n) is 5.51. The predicted molar refractivity (Wildman–Crippen MR) is 64.5 cm³/mol. The minimum atomic E-state index is 0.675. The lowest BCUT2D eigenvalue weighted by atomic mass is 10.2. The molecular formula is C11H25NS. The van der Waals surface area contributed by atoms with Crippen LogP contribution in [-0.2, 0) is 0 Å². The molecule has 2 heteroatoms. The highest BCUT2D eigenvalue weighted by molar-refractivity contribution is 7.99. The second-order valence-corrected chi connectivity index (χ2v) is 4.98. The molecule has 1 N–H and O–H groups in total. The van der Waals surface area contributed by atoms with E-state index in [2.05, 4.69) is 44.8 Å². The third-order valence-electron chi connectivity index (χ3n) is 2.21. The lowest BCUT2D eigenvalue weighted by molar-refractivity contribution is 0.587. The van der Waals surface area contributed by atoms with Crippen LogP contribution in [0.2, 0.25) is 0 Å². The van der Waals surface area contributed by atoms with Gasteiger partial charge in [-0.3, -0.25) is 0 Å². The van der Waals surface area contributed by atoms with Gasteiger partial charge in [-0.05, 0) is 31.6 Å². The topological polar surface area (TPSA) is 12.0 Å². The fourth-order valence-electron chi connectivity index (χ4n) is 1.01. The molecule has 0 saturated heterocycles. The van der Waals surface area contributed by atoms with Gasteiger partial charge in [0.25, 0.3) is 0 Å². The molecule has 0 aliphatic rings. The quantitative estimate of drug-likeness (QED) is 0.650. The van der Waals surface area contributed by atoms with Crippen molar-refractivity contribution < 1.29 is 0 Å². The summed E-state index contributed by atoms with van der Waals surface area (Å²) in [6.07, 6.45) is 2.55. The number of hydrogen-bond acceptors (Lipinski definition) is 2. The average molecular weight is 203 g/mol. The van der Waals surface area contributed by atoms with Crippen molar-refractivity contribution in [2.75, 3.05) is 18.1 Å². The maximum atomic E-state index is 3.50. The fraction of sp³-hybridized carbons (Fsp3) is 1.00. The van der Waals surface area contributed by atoms with Gasteiger partial charge in [0.15, 0.2) is 0 Å². The summed E-state index contributed by atoms with van der Waals surface area (Å²) in [4.78, 5) is 0. The Morgan fingerprint density at radius 1 is 1.15 bits per heavy atom. The maximum Gasteiger partial charge on any atom is 0.0129 e. The zero-order chi connectivity index (χ0) is 10.1. The van der Waals surface area contributed by atoms with Crippen LogP contribution in [-0.4, -0.2) is 24.1 Å². The smallest absolute Gasteiger partial charge is 0.0129 e. The van der Waals surface area contributed by atoms with Crippen LogP contribution in [0.25, 0.3) is 0 Å².